The average molecular weight is 239 g/mol. The number of nitrogens with two attached hydrogens (primary N) is 1. The van der Waals surface area contributed by atoms with E-state index in [4.69, 9.17) is 40.5 Å². The van der Waals surface area contributed by atoms with Gasteiger partial charge in [0.1, 0.15) is 0 Å². The SMILES string of the molecule is NCCCc1cc(Cl)cc(Cl)c1Cl. The molecule has 13 heavy (non-hydrogen) atoms. The number of halogens is 3. The Morgan fingerprint density at radius 2 is 1.85 bits per heavy atom. The van der Waals surface area contributed by atoms with E-state index in [2.05, 4.69) is 0 Å². The van der Waals surface area contributed by atoms with Crippen molar-refractivity contribution < 1.29 is 0 Å². The molecule has 0 fully saturated rings. The normalized spacial score (nSPS) is 10.5. The summed E-state index contributed by atoms with van der Waals surface area (Å²) in [5, 5.41) is 1.70. The van der Waals surface area contributed by atoms with E-state index in [1.54, 1.807) is 6.07 Å². The van der Waals surface area contributed by atoms with E-state index in [0.29, 0.717) is 21.6 Å². The van der Waals surface area contributed by atoms with Gasteiger partial charge in [0.2, 0.25) is 0 Å². The second-order valence-corrected chi connectivity index (χ2v) is 3.97. The topological polar surface area (TPSA) is 26.0 Å². The molecule has 0 heterocycles. The summed E-state index contributed by atoms with van der Waals surface area (Å²) in [7, 11) is 0. The molecule has 0 saturated heterocycles. The molecule has 0 aliphatic rings. The fraction of sp³-hybridized carbons (Fsp3) is 0.333. The van der Waals surface area contributed by atoms with Crippen LogP contribution in [0.3, 0.4) is 0 Å². The first-order chi connectivity index (χ1) is 6.15. The van der Waals surface area contributed by atoms with Crippen LogP contribution in [0.5, 0.6) is 0 Å². The van der Waals surface area contributed by atoms with Crippen molar-refractivity contribution in [1.82, 2.24) is 0 Å². The Hall–Kier alpha value is 0.0500. The Bertz CT molecular complexity index is 299. The van der Waals surface area contributed by atoms with E-state index in [-0.39, 0.29) is 0 Å². The first-order valence-corrected chi connectivity index (χ1v) is 5.12. The van der Waals surface area contributed by atoms with E-state index in [1.165, 1.54) is 0 Å². The summed E-state index contributed by atoms with van der Waals surface area (Å²) < 4.78 is 0. The number of rotatable bonds is 3. The van der Waals surface area contributed by atoms with Crippen LogP contribution in [-0.2, 0) is 6.42 Å². The number of hydrogen-bond acceptors (Lipinski definition) is 1. The highest BCUT2D eigenvalue weighted by molar-refractivity contribution is 6.43. The molecule has 0 radical (unpaired) electrons. The third kappa shape index (κ3) is 3.03. The van der Waals surface area contributed by atoms with E-state index in [1.807, 2.05) is 6.07 Å². The molecule has 0 unspecified atom stereocenters. The Labute approximate surface area is 92.8 Å². The lowest BCUT2D eigenvalue weighted by Gasteiger charge is -2.05. The molecule has 72 valence electrons. The minimum absolute atomic E-state index is 0.501. The molecule has 1 rings (SSSR count). The molecule has 0 aromatic heterocycles. The van der Waals surface area contributed by atoms with Gasteiger partial charge in [-0.1, -0.05) is 34.8 Å². The highest BCUT2D eigenvalue weighted by Crippen LogP contribution is 2.30. The summed E-state index contributed by atoms with van der Waals surface area (Å²) >= 11 is 17.6. The van der Waals surface area contributed by atoms with Gasteiger partial charge in [-0.25, -0.2) is 0 Å². The van der Waals surface area contributed by atoms with Gasteiger partial charge in [0, 0.05) is 5.02 Å². The maximum atomic E-state index is 5.97. The van der Waals surface area contributed by atoms with Gasteiger partial charge in [0.25, 0.3) is 0 Å². The molecule has 0 saturated carbocycles. The number of hydrogen-bond donors (Lipinski definition) is 1. The van der Waals surface area contributed by atoms with Gasteiger partial charge < -0.3 is 5.73 Å². The third-order valence-corrected chi connectivity index (χ3v) is 2.78. The van der Waals surface area contributed by atoms with Crippen LogP contribution < -0.4 is 5.73 Å². The smallest absolute Gasteiger partial charge is 0.0625 e. The zero-order valence-electron chi connectivity index (χ0n) is 6.99. The van der Waals surface area contributed by atoms with Gasteiger partial charge in [-0.3, -0.25) is 0 Å². The van der Waals surface area contributed by atoms with Crippen molar-refractivity contribution in [3.05, 3.63) is 32.8 Å². The minimum Gasteiger partial charge on any atom is -0.330 e. The van der Waals surface area contributed by atoms with Crippen LogP contribution in [0.4, 0.5) is 0 Å². The molecule has 0 aliphatic heterocycles. The van der Waals surface area contributed by atoms with Gasteiger partial charge in [0.15, 0.2) is 0 Å². The van der Waals surface area contributed by atoms with Crippen LogP contribution in [0.1, 0.15) is 12.0 Å². The van der Waals surface area contributed by atoms with Crippen LogP contribution in [0, 0.1) is 0 Å². The van der Waals surface area contributed by atoms with Crippen molar-refractivity contribution in [2.24, 2.45) is 5.73 Å². The maximum absolute atomic E-state index is 5.97. The summed E-state index contributed by atoms with van der Waals surface area (Å²) in [6.45, 7) is 0.639. The van der Waals surface area contributed by atoms with E-state index < -0.39 is 0 Å². The number of benzene rings is 1. The Morgan fingerprint density at radius 3 is 2.46 bits per heavy atom. The van der Waals surface area contributed by atoms with E-state index >= 15 is 0 Å². The first kappa shape index (κ1) is 11.1. The largest absolute Gasteiger partial charge is 0.330 e. The minimum atomic E-state index is 0.501. The molecule has 1 nitrogen and oxygen atoms in total. The average Bonchev–Trinajstić information content (AvgIpc) is 2.09. The van der Waals surface area contributed by atoms with Crippen LogP contribution >= 0.6 is 34.8 Å². The predicted octanol–water partition coefficient (Wildman–Crippen LogP) is 3.54. The Morgan fingerprint density at radius 1 is 1.15 bits per heavy atom. The fourth-order valence-electron chi connectivity index (χ4n) is 1.08. The third-order valence-electron chi connectivity index (χ3n) is 1.72. The van der Waals surface area contributed by atoms with Crippen molar-refractivity contribution in [3.63, 3.8) is 0 Å². The summed E-state index contributed by atoms with van der Waals surface area (Å²) in [6, 6.07) is 3.46. The molecule has 1 aromatic rings. The van der Waals surface area contributed by atoms with Crippen molar-refractivity contribution >= 4 is 34.8 Å². The summed E-state index contributed by atoms with van der Waals surface area (Å²) in [5.74, 6) is 0. The van der Waals surface area contributed by atoms with Gasteiger partial charge in [-0.2, -0.15) is 0 Å². The standard InChI is InChI=1S/C9H10Cl3N/c10-7-4-6(2-1-3-13)9(12)8(11)5-7/h4-5H,1-3,13H2. The van der Waals surface area contributed by atoms with Crippen molar-refractivity contribution in [1.29, 1.82) is 0 Å². The zero-order chi connectivity index (χ0) is 9.84. The Balaban J connectivity index is 2.92. The fourth-order valence-corrected chi connectivity index (χ4v) is 1.82. The lowest BCUT2D eigenvalue weighted by atomic mass is 10.1. The van der Waals surface area contributed by atoms with Gasteiger partial charge in [-0.05, 0) is 37.1 Å². The van der Waals surface area contributed by atoms with Crippen molar-refractivity contribution in [3.8, 4) is 0 Å². The first-order valence-electron chi connectivity index (χ1n) is 3.98. The molecule has 0 atom stereocenters. The monoisotopic (exact) mass is 237 g/mol. The van der Waals surface area contributed by atoms with Crippen molar-refractivity contribution in [2.45, 2.75) is 12.8 Å². The number of aryl methyl sites for hydroxylation is 1. The summed E-state index contributed by atoms with van der Waals surface area (Å²) in [6.07, 6.45) is 1.70. The van der Waals surface area contributed by atoms with Crippen LogP contribution in [-0.4, -0.2) is 6.54 Å². The highest BCUT2D eigenvalue weighted by Gasteiger charge is 2.05. The summed E-state index contributed by atoms with van der Waals surface area (Å²) in [4.78, 5) is 0. The van der Waals surface area contributed by atoms with Crippen LogP contribution in [0.2, 0.25) is 15.1 Å². The molecule has 1 aromatic carbocycles. The molecular weight excluding hydrogens is 228 g/mol. The predicted molar refractivity (Wildman–Crippen MR) is 58.8 cm³/mol. The molecule has 2 N–H and O–H groups in total. The molecular formula is C9H10Cl3N. The van der Waals surface area contributed by atoms with Gasteiger partial charge in [-0.15, -0.1) is 0 Å². The van der Waals surface area contributed by atoms with Crippen LogP contribution in [0.15, 0.2) is 12.1 Å². The molecule has 0 aliphatic carbocycles. The van der Waals surface area contributed by atoms with E-state index in [0.717, 1.165) is 18.4 Å². The van der Waals surface area contributed by atoms with Crippen LogP contribution in [0.25, 0.3) is 0 Å². The van der Waals surface area contributed by atoms with Gasteiger partial charge >= 0.3 is 0 Å². The van der Waals surface area contributed by atoms with Crippen molar-refractivity contribution in [2.75, 3.05) is 6.54 Å². The lowest BCUT2D eigenvalue weighted by molar-refractivity contribution is 0.833. The molecule has 0 spiro atoms. The lowest BCUT2D eigenvalue weighted by Crippen LogP contribution is -2.00. The van der Waals surface area contributed by atoms with Gasteiger partial charge in [0.05, 0.1) is 10.0 Å². The second-order valence-electron chi connectivity index (χ2n) is 2.75. The Kier molecular flexibility index (Phi) is 4.33. The second kappa shape index (κ2) is 5.06. The maximum Gasteiger partial charge on any atom is 0.0625 e. The molecule has 0 bridgehead atoms. The quantitative estimate of drug-likeness (QED) is 0.801. The molecule has 0 amide bonds. The molecule has 4 heteroatoms. The van der Waals surface area contributed by atoms with E-state index in [9.17, 15) is 0 Å². The highest BCUT2D eigenvalue weighted by atomic mass is 35.5. The zero-order valence-corrected chi connectivity index (χ0v) is 9.26. The summed E-state index contributed by atoms with van der Waals surface area (Å²) in [5.41, 5.74) is 6.36.